The number of rotatable bonds is 14. The van der Waals surface area contributed by atoms with Crippen molar-refractivity contribution >= 4 is 11.7 Å². The average Bonchev–Trinajstić information content (AvgIpc) is 3.81. The summed E-state index contributed by atoms with van der Waals surface area (Å²) >= 11 is 0. The molecule has 1 saturated heterocycles. The lowest BCUT2D eigenvalue weighted by atomic mass is 9.50. The zero-order valence-electron chi connectivity index (χ0n) is 27.1. The van der Waals surface area contributed by atoms with Crippen LogP contribution in [0, 0.1) is 11.8 Å². The number of hydrogen-bond donors (Lipinski definition) is 1. The first-order chi connectivity index (χ1) is 22.0. The normalized spacial score (nSPS) is 27.9. The number of phenolic OH excluding ortho intramolecular Hbond substituents is 1. The van der Waals surface area contributed by atoms with Crippen LogP contribution in [0.15, 0.2) is 36.4 Å². The van der Waals surface area contributed by atoms with Crippen molar-refractivity contribution in [3.05, 3.63) is 53.1 Å². The maximum Gasteiger partial charge on any atom is 0.222 e. The number of aromatic hydroxyl groups is 1. The van der Waals surface area contributed by atoms with Gasteiger partial charge in [0.25, 0.3) is 0 Å². The summed E-state index contributed by atoms with van der Waals surface area (Å²) in [4.78, 5) is 31.7. The van der Waals surface area contributed by atoms with Crippen LogP contribution in [-0.2, 0) is 16.6 Å². The molecule has 2 aromatic carbocycles. The molecule has 5 atom stereocenters. The van der Waals surface area contributed by atoms with Crippen LogP contribution in [0.25, 0.3) is 0 Å². The fourth-order valence-corrected chi connectivity index (χ4v) is 9.46. The Morgan fingerprint density at radius 1 is 1.07 bits per heavy atom. The lowest BCUT2D eigenvalue weighted by Gasteiger charge is -2.60. The van der Waals surface area contributed by atoms with E-state index < -0.39 is 0 Å². The minimum absolute atomic E-state index is 0.0163. The summed E-state index contributed by atoms with van der Waals surface area (Å²) in [5.41, 5.74) is 2.76. The summed E-state index contributed by atoms with van der Waals surface area (Å²) in [6.45, 7) is 5.15. The molecule has 0 unspecified atom stereocenters. The summed E-state index contributed by atoms with van der Waals surface area (Å²) in [5, 5.41) is 11.3. The third kappa shape index (κ3) is 5.43. The molecule has 1 N–H and O–H groups in total. The second kappa shape index (κ2) is 12.6. The van der Waals surface area contributed by atoms with Crippen molar-refractivity contribution in [2.75, 3.05) is 26.7 Å². The van der Waals surface area contributed by atoms with E-state index in [0.29, 0.717) is 49.1 Å². The molecule has 2 aliphatic heterocycles. The minimum Gasteiger partial charge on any atom is -0.508 e. The number of hydrogen-bond acceptors (Lipinski definition) is 6. The number of Topliss-reactive ketones (excluding diaryl/α,β-unsaturated/α-hetero) is 1. The van der Waals surface area contributed by atoms with Crippen molar-refractivity contribution < 1.29 is 24.2 Å². The van der Waals surface area contributed by atoms with Crippen LogP contribution >= 0.6 is 0 Å². The van der Waals surface area contributed by atoms with E-state index in [0.717, 1.165) is 80.8 Å². The van der Waals surface area contributed by atoms with Gasteiger partial charge in [0.05, 0.1) is 13.2 Å². The molecule has 2 bridgehead atoms. The molecular weight excluding hydrogens is 564 g/mol. The van der Waals surface area contributed by atoms with Crippen LogP contribution in [-0.4, -0.2) is 71.5 Å². The molecule has 0 radical (unpaired) electrons. The summed E-state index contributed by atoms with van der Waals surface area (Å²) in [5.74, 6) is 3.34. The zero-order chi connectivity index (χ0) is 31.1. The minimum atomic E-state index is -0.214. The molecule has 242 valence electrons. The van der Waals surface area contributed by atoms with Crippen LogP contribution in [0.5, 0.6) is 17.2 Å². The standard InChI is InChI=1S/C38H50N2O5/c1-3-4-10-20-40(34(43)14-9-8-13-31(41)26-11-6-5-7-12-26)29-18-17-28-30-22-27-32(42)23-33(44-2)36-35(27)38(28,37(29)45-36)19-21-39(30)24-25-15-16-25/h5-7,11-12,23,25,28-30,37,42H,3-4,8-10,13-22,24H2,1-2H3/t28-,29+,30+,37-,38-/m0/s1. The Labute approximate surface area is 268 Å². The number of piperidine rings is 1. The molecule has 2 heterocycles. The van der Waals surface area contributed by atoms with E-state index in [-0.39, 0.29) is 29.3 Å². The Morgan fingerprint density at radius 2 is 1.87 bits per heavy atom. The topological polar surface area (TPSA) is 79.3 Å². The highest BCUT2D eigenvalue weighted by atomic mass is 16.5. The van der Waals surface area contributed by atoms with Gasteiger partial charge < -0.3 is 19.5 Å². The number of methoxy groups -OCH3 is 1. The summed E-state index contributed by atoms with van der Waals surface area (Å²) < 4.78 is 12.9. The van der Waals surface area contributed by atoms with E-state index >= 15 is 0 Å². The predicted molar refractivity (Wildman–Crippen MR) is 174 cm³/mol. The molecule has 2 aromatic rings. The van der Waals surface area contributed by atoms with Gasteiger partial charge in [-0.25, -0.2) is 0 Å². The number of carbonyl (C=O) groups is 2. The molecule has 7 heteroatoms. The number of phenols is 1. The van der Waals surface area contributed by atoms with Crippen molar-refractivity contribution in [2.45, 2.75) is 114 Å². The number of amides is 1. The molecule has 2 saturated carbocycles. The lowest BCUT2D eigenvalue weighted by molar-refractivity contribution is -0.143. The molecule has 1 spiro atoms. The van der Waals surface area contributed by atoms with Gasteiger partial charge in [-0.2, -0.15) is 0 Å². The molecule has 5 aliphatic rings. The first kappa shape index (κ1) is 30.6. The average molecular weight is 615 g/mol. The number of carbonyl (C=O) groups excluding carboxylic acids is 2. The number of ether oxygens (including phenoxy) is 2. The third-order valence-electron chi connectivity index (χ3n) is 11.8. The highest BCUT2D eigenvalue weighted by Crippen LogP contribution is 2.66. The number of benzene rings is 2. The van der Waals surface area contributed by atoms with Crippen LogP contribution in [0.4, 0.5) is 0 Å². The van der Waals surface area contributed by atoms with E-state index in [1.54, 1.807) is 13.2 Å². The molecule has 0 aromatic heterocycles. The first-order valence-corrected chi connectivity index (χ1v) is 17.7. The van der Waals surface area contributed by atoms with Gasteiger partial charge in [0.2, 0.25) is 5.91 Å². The smallest absolute Gasteiger partial charge is 0.222 e. The van der Waals surface area contributed by atoms with Crippen molar-refractivity contribution in [1.82, 2.24) is 9.80 Å². The quantitative estimate of drug-likeness (QED) is 0.189. The van der Waals surface area contributed by atoms with Crippen LogP contribution < -0.4 is 9.47 Å². The van der Waals surface area contributed by atoms with Crippen molar-refractivity contribution in [1.29, 1.82) is 0 Å². The Kier molecular flexibility index (Phi) is 8.58. The monoisotopic (exact) mass is 614 g/mol. The Balaban J connectivity index is 1.14. The zero-order valence-corrected chi connectivity index (χ0v) is 27.1. The first-order valence-electron chi connectivity index (χ1n) is 17.7. The lowest BCUT2D eigenvalue weighted by Crippen LogP contribution is -2.69. The Bertz CT molecular complexity index is 1410. The van der Waals surface area contributed by atoms with Crippen LogP contribution in [0.3, 0.4) is 0 Å². The van der Waals surface area contributed by atoms with Crippen molar-refractivity contribution in [3.63, 3.8) is 0 Å². The van der Waals surface area contributed by atoms with E-state index in [4.69, 9.17) is 9.47 Å². The van der Waals surface area contributed by atoms with E-state index in [1.807, 2.05) is 30.3 Å². The van der Waals surface area contributed by atoms with Crippen LogP contribution in [0.2, 0.25) is 0 Å². The van der Waals surface area contributed by atoms with Gasteiger partial charge in [0, 0.05) is 60.1 Å². The second-order valence-electron chi connectivity index (χ2n) is 14.4. The molecule has 3 aliphatic carbocycles. The van der Waals surface area contributed by atoms with E-state index in [9.17, 15) is 14.7 Å². The molecular formula is C38H50N2O5. The second-order valence-corrected chi connectivity index (χ2v) is 14.4. The number of likely N-dealkylation sites (tertiary alicyclic amines) is 1. The maximum atomic E-state index is 14.1. The van der Waals surface area contributed by atoms with Gasteiger partial charge in [-0.1, -0.05) is 50.1 Å². The highest BCUT2D eigenvalue weighted by Gasteiger charge is 2.67. The van der Waals surface area contributed by atoms with Gasteiger partial charge in [-0.3, -0.25) is 14.5 Å². The number of ketones is 1. The highest BCUT2D eigenvalue weighted by molar-refractivity contribution is 5.96. The van der Waals surface area contributed by atoms with E-state index in [2.05, 4.69) is 16.7 Å². The Morgan fingerprint density at radius 3 is 2.62 bits per heavy atom. The molecule has 45 heavy (non-hydrogen) atoms. The summed E-state index contributed by atoms with van der Waals surface area (Å²) in [6, 6.07) is 11.6. The predicted octanol–water partition coefficient (Wildman–Crippen LogP) is 6.68. The van der Waals surface area contributed by atoms with Gasteiger partial charge in [0.15, 0.2) is 17.3 Å². The summed E-state index contributed by atoms with van der Waals surface area (Å²) in [6.07, 6.45) is 11.9. The third-order valence-corrected chi connectivity index (χ3v) is 11.8. The molecule has 7 rings (SSSR count). The Hall–Kier alpha value is -3.06. The van der Waals surface area contributed by atoms with Gasteiger partial charge in [-0.05, 0) is 76.2 Å². The number of nitrogens with zero attached hydrogens (tertiary/aromatic N) is 2. The van der Waals surface area contributed by atoms with Gasteiger partial charge >= 0.3 is 0 Å². The molecule has 1 amide bonds. The van der Waals surface area contributed by atoms with Gasteiger partial charge in [0.1, 0.15) is 11.9 Å². The van der Waals surface area contributed by atoms with Crippen LogP contribution in [0.1, 0.15) is 105 Å². The van der Waals surface area contributed by atoms with Crippen molar-refractivity contribution in [2.24, 2.45) is 11.8 Å². The fraction of sp³-hybridized carbons (Fsp3) is 0.632. The SMILES string of the molecule is CCCCCN(C(=O)CCCCC(=O)c1ccccc1)[C@@H]1CC[C@H]2[C@H]3Cc4c(O)cc(OC)c5c4[C@@]2(CCN3CC2CC2)[C@H]1O5. The van der Waals surface area contributed by atoms with Crippen molar-refractivity contribution in [3.8, 4) is 17.2 Å². The maximum absolute atomic E-state index is 14.1. The molecule has 7 nitrogen and oxygen atoms in total. The number of unbranched alkanes of at least 4 members (excludes halogenated alkanes) is 3. The largest absolute Gasteiger partial charge is 0.508 e. The fourth-order valence-electron chi connectivity index (χ4n) is 9.46. The van der Waals surface area contributed by atoms with E-state index in [1.165, 1.54) is 24.9 Å². The summed E-state index contributed by atoms with van der Waals surface area (Å²) in [7, 11) is 1.66. The molecule has 3 fully saturated rings. The van der Waals surface area contributed by atoms with Gasteiger partial charge in [-0.15, -0.1) is 0 Å².